The largest absolute Gasteiger partial charge is 0.486 e. The first-order chi connectivity index (χ1) is 12.2. The second-order valence-corrected chi connectivity index (χ2v) is 6.64. The lowest BCUT2D eigenvalue weighted by atomic mass is 10.2. The highest BCUT2D eigenvalue weighted by Gasteiger charge is 2.26. The molecule has 1 amide bonds. The number of hydrogen-bond donors (Lipinski definition) is 1. The van der Waals surface area contributed by atoms with Gasteiger partial charge in [0.1, 0.15) is 23.3 Å². The van der Waals surface area contributed by atoms with Crippen LogP contribution < -0.4 is 10.1 Å². The number of benzene rings is 1. The van der Waals surface area contributed by atoms with E-state index in [0.29, 0.717) is 18.7 Å². The van der Waals surface area contributed by atoms with E-state index in [2.05, 4.69) is 16.8 Å². The fourth-order valence-corrected chi connectivity index (χ4v) is 3.48. The molecule has 2 aromatic heterocycles. The standard InChI is InChI=1S/C20H22N2O3/c1-3-15-12-22-17(11-14-6-4-8-18(25-15)19(14)22)20(23)21-13(2)10-16-7-5-9-24-16/h4-9,11,13,15H,3,10,12H2,1-2H3,(H,21,23)/t13-,15+/m0/s1. The van der Waals surface area contributed by atoms with Crippen LogP contribution in [0.3, 0.4) is 0 Å². The van der Waals surface area contributed by atoms with Crippen LogP contribution in [0.4, 0.5) is 0 Å². The molecule has 0 unspecified atom stereocenters. The highest BCUT2D eigenvalue weighted by molar-refractivity contribution is 6.00. The van der Waals surface area contributed by atoms with Crippen molar-refractivity contribution in [3.63, 3.8) is 0 Å². The normalized spacial score (nSPS) is 17.3. The van der Waals surface area contributed by atoms with Gasteiger partial charge in [-0.15, -0.1) is 0 Å². The predicted octanol–water partition coefficient (Wildman–Crippen LogP) is 3.77. The van der Waals surface area contributed by atoms with E-state index < -0.39 is 0 Å². The predicted molar refractivity (Wildman–Crippen MR) is 96.0 cm³/mol. The first-order valence-corrected chi connectivity index (χ1v) is 8.78. The molecule has 2 atom stereocenters. The quantitative estimate of drug-likeness (QED) is 0.770. The molecule has 1 N–H and O–H groups in total. The Balaban J connectivity index is 1.61. The molecule has 5 nitrogen and oxygen atoms in total. The smallest absolute Gasteiger partial charge is 0.268 e. The van der Waals surface area contributed by atoms with Crippen molar-refractivity contribution in [1.29, 1.82) is 0 Å². The van der Waals surface area contributed by atoms with Gasteiger partial charge in [0.2, 0.25) is 0 Å². The van der Waals surface area contributed by atoms with Gasteiger partial charge in [0, 0.05) is 17.8 Å². The Hall–Kier alpha value is -2.69. The number of nitrogens with one attached hydrogen (secondary N) is 1. The molecule has 1 aliphatic rings. The molecule has 3 heterocycles. The zero-order valence-corrected chi connectivity index (χ0v) is 14.5. The van der Waals surface area contributed by atoms with Crippen LogP contribution in [0.5, 0.6) is 5.75 Å². The van der Waals surface area contributed by atoms with E-state index in [1.165, 1.54) is 0 Å². The molecule has 25 heavy (non-hydrogen) atoms. The minimum Gasteiger partial charge on any atom is -0.486 e. The Bertz CT molecular complexity index is 895. The molecule has 5 heteroatoms. The van der Waals surface area contributed by atoms with Gasteiger partial charge in [-0.25, -0.2) is 0 Å². The van der Waals surface area contributed by atoms with Crippen LogP contribution >= 0.6 is 0 Å². The van der Waals surface area contributed by atoms with E-state index in [1.54, 1.807) is 6.26 Å². The van der Waals surface area contributed by atoms with E-state index in [1.807, 2.05) is 43.3 Å². The number of furan rings is 1. The molecule has 0 radical (unpaired) electrons. The van der Waals surface area contributed by atoms with Crippen molar-refractivity contribution < 1.29 is 13.9 Å². The van der Waals surface area contributed by atoms with Crippen molar-refractivity contribution in [3.8, 4) is 5.75 Å². The van der Waals surface area contributed by atoms with Gasteiger partial charge in [0.15, 0.2) is 0 Å². The average molecular weight is 338 g/mol. The molecule has 0 spiro atoms. The number of nitrogens with zero attached hydrogens (tertiary/aromatic N) is 1. The van der Waals surface area contributed by atoms with Crippen molar-refractivity contribution in [2.75, 3.05) is 0 Å². The second-order valence-electron chi connectivity index (χ2n) is 6.64. The van der Waals surface area contributed by atoms with Gasteiger partial charge in [0.05, 0.1) is 18.3 Å². The van der Waals surface area contributed by atoms with Crippen molar-refractivity contribution in [2.45, 2.75) is 45.4 Å². The van der Waals surface area contributed by atoms with Crippen molar-refractivity contribution in [1.82, 2.24) is 9.88 Å². The third-order valence-electron chi connectivity index (χ3n) is 4.72. The van der Waals surface area contributed by atoms with E-state index in [4.69, 9.17) is 9.15 Å². The topological polar surface area (TPSA) is 56.4 Å². The van der Waals surface area contributed by atoms with Gasteiger partial charge >= 0.3 is 0 Å². The van der Waals surface area contributed by atoms with Gasteiger partial charge in [-0.05, 0) is 37.6 Å². The molecule has 0 aliphatic carbocycles. The third kappa shape index (κ3) is 2.90. The number of para-hydroxylation sites is 1. The number of carbonyl (C=O) groups excluding carboxylic acids is 1. The zero-order chi connectivity index (χ0) is 17.4. The van der Waals surface area contributed by atoms with E-state index >= 15 is 0 Å². The van der Waals surface area contributed by atoms with Crippen LogP contribution in [-0.4, -0.2) is 22.6 Å². The van der Waals surface area contributed by atoms with E-state index in [9.17, 15) is 4.79 Å². The minimum atomic E-state index is -0.0574. The highest BCUT2D eigenvalue weighted by atomic mass is 16.5. The van der Waals surface area contributed by atoms with Crippen LogP contribution in [0.15, 0.2) is 47.1 Å². The summed E-state index contributed by atoms with van der Waals surface area (Å²) in [7, 11) is 0. The molecule has 0 saturated carbocycles. The molecule has 130 valence electrons. The number of ether oxygens (including phenoxy) is 1. The maximum atomic E-state index is 12.9. The summed E-state index contributed by atoms with van der Waals surface area (Å²) in [5.74, 6) is 1.67. The number of amides is 1. The third-order valence-corrected chi connectivity index (χ3v) is 4.72. The van der Waals surface area contributed by atoms with Gasteiger partial charge in [-0.1, -0.05) is 19.1 Å². The first kappa shape index (κ1) is 15.8. The average Bonchev–Trinajstić information content (AvgIpc) is 3.23. The fourth-order valence-electron chi connectivity index (χ4n) is 3.48. The summed E-state index contributed by atoms with van der Waals surface area (Å²) in [4.78, 5) is 12.9. The summed E-state index contributed by atoms with van der Waals surface area (Å²) in [6, 6.07) is 11.7. The first-order valence-electron chi connectivity index (χ1n) is 8.78. The molecule has 1 aliphatic heterocycles. The summed E-state index contributed by atoms with van der Waals surface area (Å²) < 4.78 is 13.5. The molecular formula is C20H22N2O3. The molecule has 4 rings (SSSR count). The maximum absolute atomic E-state index is 12.9. The van der Waals surface area contributed by atoms with E-state index in [0.717, 1.165) is 28.8 Å². The van der Waals surface area contributed by atoms with Crippen LogP contribution in [0, 0.1) is 0 Å². The number of aromatic nitrogens is 1. The summed E-state index contributed by atoms with van der Waals surface area (Å²) in [5, 5.41) is 4.12. The summed E-state index contributed by atoms with van der Waals surface area (Å²) >= 11 is 0. The molecule has 0 bridgehead atoms. The summed E-state index contributed by atoms with van der Waals surface area (Å²) in [5.41, 5.74) is 1.70. The summed E-state index contributed by atoms with van der Waals surface area (Å²) in [6.07, 6.45) is 3.33. The Kier molecular flexibility index (Phi) is 3.99. The Morgan fingerprint density at radius 1 is 1.36 bits per heavy atom. The second kappa shape index (κ2) is 6.31. The lowest BCUT2D eigenvalue weighted by Gasteiger charge is -2.26. The summed E-state index contributed by atoms with van der Waals surface area (Å²) in [6.45, 7) is 4.79. The van der Waals surface area contributed by atoms with Gasteiger partial charge in [-0.3, -0.25) is 4.79 Å². The molecule has 1 aromatic carbocycles. The molecule has 0 fully saturated rings. The van der Waals surface area contributed by atoms with Crippen LogP contribution in [-0.2, 0) is 13.0 Å². The minimum absolute atomic E-state index is 0.00857. The molecule has 3 aromatic rings. The maximum Gasteiger partial charge on any atom is 0.268 e. The Labute approximate surface area is 146 Å². The van der Waals surface area contributed by atoms with Crippen molar-refractivity contribution >= 4 is 16.8 Å². The molecule has 0 saturated heterocycles. The lowest BCUT2D eigenvalue weighted by molar-refractivity contribution is 0.0923. The van der Waals surface area contributed by atoms with Crippen LogP contribution in [0.1, 0.15) is 36.5 Å². The number of carbonyl (C=O) groups is 1. The number of hydrogen-bond acceptors (Lipinski definition) is 3. The zero-order valence-electron chi connectivity index (χ0n) is 14.5. The Morgan fingerprint density at radius 3 is 3.00 bits per heavy atom. The molecular weight excluding hydrogens is 316 g/mol. The Morgan fingerprint density at radius 2 is 2.24 bits per heavy atom. The van der Waals surface area contributed by atoms with Gasteiger partial charge in [0.25, 0.3) is 5.91 Å². The fraction of sp³-hybridized carbons (Fsp3) is 0.350. The van der Waals surface area contributed by atoms with Gasteiger partial charge in [-0.2, -0.15) is 0 Å². The van der Waals surface area contributed by atoms with Crippen LogP contribution in [0.2, 0.25) is 0 Å². The number of rotatable bonds is 5. The van der Waals surface area contributed by atoms with Crippen LogP contribution in [0.25, 0.3) is 10.9 Å². The van der Waals surface area contributed by atoms with Crippen molar-refractivity contribution in [3.05, 3.63) is 54.1 Å². The van der Waals surface area contributed by atoms with Gasteiger partial charge < -0.3 is 19.0 Å². The lowest BCUT2D eigenvalue weighted by Crippen LogP contribution is -2.36. The highest BCUT2D eigenvalue weighted by Crippen LogP contribution is 2.34. The van der Waals surface area contributed by atoms with Crippen molar-refractivity contribution in [2.24, 2.45) is 0 Å². The van der Waals surface area contributed by atoms with E-state index in [-0.39, 0.29) is 18.1 Å². The monoisotopic (exact) mass is 338 g/mol. The SMILES string of the molecule is CC[C@@H]1Cn2c(C(=O)N[C@@H](C)Cc3ccco3)cc3cccc(c32)O1.